The van der Waals surface area contributed by atoms with E-state index in [9.17, 15) is 9.59 Å². The first-order chi connectivity index (χ1) is 9.15. The van der Waals surface area contributed by atoms with E-state index in [1.54, 1.807) is 4.90 Å². The molecule has 2 aliphatic rings. The molecular weight excluding hydrogens is 250 g/mol. The molecule has 0 aromatic rings. The second-order valence-electron chi connectivity index (χ2n) is 5.12. The smallest absolute Gasteiger partial charge is 0.306 e. The highest BCUT2D eigenvalue weighted by Crippen LogP contribution is 2.18. The van der Waals surface area contributed by atoms with Crippen LogP contribution in [0.25, 0.3) is 0 Å². The van der Waals surface area contributed by atoms with Crippen LogP contribution in [-0.2, 0) is 19.1 Å². The Morgan fingerprint density at radius 3 is 2.58 bits per heavy atom. The molecule has 2 aliphatic heterocycles. The van der Waals surface area contributed by atoms with Gasteiger partial charge in [0.05, 0.1) is 31.7 Å². The Labute approximate surface area is 112 Å². The van der Waals surface area contributed by atoms with Gasteiger partial charge >= 0.3 is 5.97 Å². The van der Waals surface area contributed by atoms with Crippen molar-refractivity contribution in [2.24, 2.45) is 0 Å². The molecule has 0 aromatic carbocycles. The van der Waals surface area contributed by atoms with E-state index >= 15 is 0 Å². The maximum absolute atomic E-state index is 12.1. The van der Waals surface area contributed by atoms with Crippen LogP contribution in [-0.4, -0.2) is 60.4 Å². The zero-order chi connectivity index (χ0) is 13.7. The fraction of sp³-hybridized carbons (Fsp3) is 0.846. The van der Waals surface area contributed by atoms with E-state index in [4.69, 9.17) is 14.6 Å². The number of hydrogen-bond acceptors (Lipinski definition) is 4. The maximum atomic E-state index is 12.1. The summed E-state index contributed by atoms with van der Waals surface area (Å²) in [6, 6.07) is 0. The van der Waals surface area contributed by atoms with E-state index in [1.165, 1.54) is 0 Å². The van der Waals surface area contributed by atoms with Crippen LogP contribution in [0.15, 0.2) is 0 Å². The van der Waals surface area contributed by atoms with Crippen LogP contribution >= 0.6 is 0 Å². The SMILES string of the molecule is O=C(O)CC1CN(C(=O)CC2CCCCO2)CCO1. The molecule has 0 saturated carbocycles. The summed E-state index contributed by atoms with van der Waals surface area (Å²) >= 11 is 0. The van der Waals surface area contributed by atoms with Gasteiger partial charge in [0.2, 0.25) is 5.91 Å². The van der Waals surface area contributed by atoms with E-state index in [1.807, 2.05) is 0 Å². The highest BCUT2D eigenvalue weighted by atomic mass is 16.5. The van der Waals surface area contributed by atoms with Crippen molar-refractivity contribution in [2.45, 2.75) is 44.3 Å². The lowest BCUT2D eigenvalue weighted by atomic mass is 10.1. The minimum atomic E-state index is -0.894. The quantitative estimate of drug-likeness (QED) is 0.812. The Hall–Kier alpha value is -1.14. The fourth-order valence-electron chi connectivity index (χ4n) is 2.56. The lowest BCUT2D eigenvalue weighted by Gasteiger charge is -2.33. The third-order valence-corrected chi connectivity index (χ3v) is 3.57. The normalized spacial score (nSPS) is 28.1. The number of carbonyl (C=O) groups is 2. The third kappa shape index (κ3) is 4.47. The number of carboxylic acid groups (broad SMARTS) is 1. The molecule has 2 atom stereocenters. The van der Waals surface area contributed by atoms with E-state index in [-0.39, 0.29) is 24.5 Å². The van der Waals surface area contributed by atoms with E-state index in [0.29, 0.717) is 26.1 Å². The Balaban J connectivity index is 1.79. The number of amides is 1. The van der Waals surface area contributed by atoms with Gasteiger partial charge in [0.1, 0.15) is 0 Å². The molecule has 1 N–H and O–H groups in total. The van der Waals surface area contributed by atoms with Crippen LogP contribution in [0.1, 0.15) is 32.1 Å². The lowest BCUT2D eigenvalue weighted by molar-refractivity contribution is -0.149. The predicted octanol–water partition coefficient (Wildman–Crippen LogP) is 0.648. The molecule has 0 spiro atoms. The molecule has 1 amide bonds. The van der Waals surface area contributed by atoms with Gasteiger partial charge in [0, 0.05) is 19.7 Å². The third-order valence-electron chi connectivity index (χ3n) is 3.57. The molecule has 19 heavy (non-hydrogen) atoms. The van der Waals surface area contributed by atoms with Crippen LogP contribution in [0.3, 0.4) is 0 Å². The summed E-state index contributed by atoms with van der Waals surface area (Å²) in [5.41, 5.74) is 0. The highest BCUT2D eigenvalue weighted by Gasteiger charge is 2.28. The molecule has 2 rings (SSSR count). The van der Waals surface area contributed by atoms with E-state index in [2.05, 4.69) is 0 Å². The minimum absolute atomic E-state index is 0.0296. The highest BCUT2D eigenvalue weighted by molar-refractivity contribution is 5.77. The fourth-order valence-corrected chi connectivity index (χ4v) is 2.56. The van der Waals surface area contributed by atoms with Crippen molar-refractivity contribution in [3.63, 3.8) is 0 Å². The van der Waals surface area contributed by atoms with Gasteiger partial charge in [-0.2, -0.15) is 0 Å². The van der Waals surface area contributed by atoms with Crippen LogP contribution in [0, 0.1) is 0 Å². The van der Waals surface area contributed by atoms with Crippen molar-refractivity contribution >= 4 is 11.9 Å². The minimum Gasteiger partial charge on any atom is -0.481 e. The summed E-state index contributed by atoms with van der Waals surface area (Å²) in [6.45, 7) is 2.07. The molecule has 2 fully saturated rings. The standard InChI is InChI=1S/C13H21NO5/c15-12(7-10-3-1-2-5-18-10)14-4-6-19-11(9-14)8-13(16)17/h10-11H,1-9H2,(H,16,17). The molecule has 0 aliphatic carbocycles. The van der Waals surface area contributed by atoms with Crippen molar-refractivity contribution < 1.29 is 24.2 Å². The lowest BCUT2D eigenvalue weighted by Crippen LogP contribution is -2.47. The number of aliphatic carboxylic acids is 1. The summed E-state index contributed by atoms with van der Waals surface area (Å²) in [5.74, 6) is -0.847. The van der Waals surface area contributed by atoms with Gasteiger partial charge in [-0.05, 0) is 19.3 Å². The monoisotopic (exact) mass is 271 g/mol. The van der Waals surface area contributed by atoms with Crippen molar-refractivity contribution in [2.75, 3.05) is 26.3 Å². The summed E-state index contributed by atoms with van der Waals surface area (Å²) in [4.78, 5) is 24.5. The molecule has 6 nitrogen and oxygen atoms in total. The molecule has 2 saturated heterocycles. The predicted molar refractivity (Wildman–Crippen MR) is 66.8 cm³/mol. The summed E-state index contributed by atoms with van der Waals surface area (Å²) in [5, 5.41) is 8.75. The molecule has 0 bridgehead atoms. The Bertz CT molecular complexity index is 327. The van der Waals surface area contributed by atoms with Gasteiger partial charge in [-0.15, -0.1) is 0 Å². The first-order valence-corrected chi connectivity index (χ1v) is 6.88. The van der Waals surface area contributed by atoms with Gasteiger partial charge in [0.25, 0.3) is 0 Å². The zero-order valence-electron chi connectivity index (χ0n) is 11.0. The Morgan fingerprint density at radius 1 is 1.11 bits per heavy atom. The molecule has 108 valence electrons. The zero-order valence-corrected chi connectivity index (χ0v) is 11.0. The number of morpholine rings is 1. The maximum Gasteiger partial charge on any atom is 0.306 e. The number of rotatable bonds is 4. The van der Waals surface area contributed by atoms with Crippen LogP contribution < -0.4 is 0 Å². The van der Waals surface area contributed by atoms with Gasteiger partial charge in [0.15, 0.2) is 0 Å². The van der Waals surface area contributed by atoms with Crippen LogP contribution in [0.4, 0.5) is 0 Å². The molecule has 6 heteroatoms. The summed E-state index contributed by atoms with van der Waals surface area (Å²) in [7, 11) is 0. The number of nitrogens with zero attached hydrogens (tertiary/aromatic N) is 1. The van der Waals surface area contributed by atoms with E-state index in [0.717, 1.165) is 25.9 Å². The summed E-state index contributed by atoms with van der Waals surface area (Å²) in [6.07, 6.45) is 3.12. The first kappa shape index (κ1) is 14.3. The van der Waals surface area contributed by atoms with Gasteiger partial charge in [-0.25, -0.2) is 0 Å². The van der Waals surface area contributed by atoms with Crippen LogP contribution in [0.2, 0.25) is 0 Å². The average Bonchev–Trinajstić information content (AvgIpc) is 2.39. The number of ether oxygens (including phenoxy) is 2. The molecule has 2 heterocycles. The number of carbonyl (C=O) groups excluding carboxylic acids is 1. The van der Waals surface area contributed by atoms with Crippen LogP contribution in [0.5, 0.6) is 0 Å². The topological polar surface area (TPSA) is 76.1 Å². The van der Waals surface area contributed by atoms with Gasteiger partial charge < -0.3 is 19.5 Å². The van der Waals surface area contributed by atoms with E-state index < -0.39 is 5.97 Å². The largest absolute Gasteiger partial charge is 0.481 e. The second-order valence-corrected chi connectivity index (χ2v) is 5.12. The summed E-state index contributed by atoms with van der Waals surface area (Å²) < 4.78 is 10.9. The number of hydrogen-bond donors (Lipinski definition) is 1. The second kappa shape index (κ2) is 6.86. The first-order valence-electron chi connectivity index (χ1n) is 6.88. The molecule has 0 radical (unpaired) electrons. The average molecular weight is 271 g/mol. The van der Waals surface area contributed by atoms with Gasteiger partial charge in [-0.1, -0.05) is 0 Å². The molecular formula is C13H21NO5. The molecule has 0 aromatic heterocycles. The number of carboxylic acids is 1. The Kier molecular flexibility index (Phi) is 5.15. The van der Waals surface area contributed by atoms with Crippen molar-refractivity contribution in [3.05, 3.63) is 0 Å². The van der Waals surface area contributed by atoms with Crippen molar-refractivity contribution in [3.8, 4) is 0 Å². The van der Waals surface area contributed by atoms with Gasteiger partial charge in [-0.3, -0.25) is 9.59 Å². The van der Waals surface area contributed by atoms with Crippen molar-refractivity contribution in [1.29, 1.82) is 0 Å². The Morgan fingerprint density at radius 2 is 1.89 bits per heavy atom. The molecule has 2 unspecified atom stereocenters. The van der Waals surface area contributed by atoms with Crippen molar-refractivity contribution in [1.82, 2.24) is 4.90 Å².